The van der Waals surface area contributed by atoms with E-state index in [1.807, 2.05) is 24.3 Å². The number of rotatable bonds is 4. The lowest BCUT2D eigenvalue weighted by atomic mass is 10.0. The van der Waals surface area contributed by atoms with Gasteiger partial charge in [-0.2, -0.15) is 0 Å². The van der Waals surface area contributed by atoms with E-state index in [9.17, 15) is 15.2 Å². The van der Waals surface area contributed by atoms with Crippen molar-refractivity contribution in [1.82, 2.24) is 0 Å². The summed E-state index contributed by atoms with van der Waals surface area (Å²) in [6, 6.07) is 14.1. The Labute approximate surface area is 163 Å². The molecule has 2 aliphatic heterocycles. The van der Waals surface area contributed by atoms with Crippen molar-refractivity contribution in [3.05, 3.63) is 64.2 Å². The lowest BCUT2D eigenvalue weighted by Gasteiger charge is -2.23. The van der Waals surface area contributed by atoms with Crippen LogP contribution in [0.1, 0.15) is 31.2 Å². The average Bonchev–Trinajstić information content (AvgIpc) is 2.87. The number of ether oxygens (including phenoxy) is 1. The lowest BCUT2D eigenvalue weighted by Crippen LogP contribution is -2.41. The number of hydrogen-bond acceptors (Lipinski definition) is 5. The van der Waals surface area contributed by atoms with Gasteiger partial charge >= 0.3 is 0 Å². The van der Waals surface area contributed by atoms with Crippen LogP contribution in [0.3, 0.4) is 0 Å². The highest BCUT2D eigenvalue weighted by molar-refractivity contribution is 5.96. The summed E-state index contributed by atoms with van der Waals surface area (Å²) in [6.07, 6.45) is 4.10. The Morgan fingerprint density at radius 1 is 1.11 bits per heavy atom. The Balaban J connectivity index is 1.75. The van der Waals surface area contributed by atoms with E-state index in [0.29, 0.717) is 12.1 Å². The second-order valence-corrected chi connectivity index (χ2v) is 7.28. The van der Waals surface area contributed by atoms with Gasteiger partial charge in [-0.3, -0.25) is 10.1 Å². The van der Waals surface area contributed by atoms with Crippen molar-refractivity contribution in [3.63, 3.8) is 0 Å². The highest BCUT2D eigenvalue weighted by Crippen LogP contribution is 2.36. The second kappa shape index (κ2) is 7.24. The van der Waals surface area contributed by atoms with Crippen LogP contribution in [0.5, 0.6) is 5.75 Å². The first kappa shape index (κ1) is 18.4. The van der Waals surface area contributed by atoms with Gasteiger partial charge in [-0.1, -0.05) is 0 Å². The van der Waals surface area contributed by atoms with Crippen LogP contribution in [-0.4, -0.2) is 40.6 Å². The van der Waals surface area contributed by atoms with Crippen LogP contribution in [0.15, 0.2) is 48.5 Å². The fourth-order valence-electron chi connectivity index (χ4n) is 4.17. The van der Waals surface area contributed by atoms with Crippen LogP contribution < -0.4 is 9.64 Å². The van der Waals surface area contributed by atoms with Gasteiger partial charge in [0.1, 0.15) is 11.4 Å². The maximum atomic E-state index is 11.7. The molecule has 2 heterocycles. The van der Waals surface area contributed by atoms with Crippen molar-refractivity contribution >= 4 is 17.2 Å². The molecule has 0 radical (unpaired) electrons. The fraction of sp³-hybridized carbons (Fsp3) is 0.381. The zero-order valence-electron chi connectivity index (χ0n) is 15.9. The van der Waals surface area contributed by atoms with Crippen LogP contribution in [-0.2, 0) is 5.72 Å². The Bertz CT molecular complexity index is 908. The van der Waals surface area contributed by atoms with Crippen LogP contribution in [0, 0.1) is 10.1 Å². The van der Waals surface area contributed by atoms with Crippen molar-refractivity contribution < 1.29 is 19.3 Å². The predicted molar refractivity (Wildman–Crippen MR) is 106 cm³/mol. The SMILES string of the molecule is COc1ccc(N2C[C@@](O)(c3ccc([N+](=O)[O-])cc3)[N+]3=C2CCCCC3)cc1. The molecule has 1 atom stereocenters. The van der Waals surface area contributed by atoms with Gasteiger partial charge in [-0.25, -0.2) is 9.48 Å². The van der Waals surface area contributed by atoms with E-state index in [4.69, 9.17) is 4.74 Å². The lowest BCUT2D eigenvalue weighted by molar-refractivity contribution is -0.658. The first-order chi connectivity index (χ1) is 13.5. The molecule has 0 saturated carbocycles. The molecule has 0 fully saturated rings. The number of anilines is 1. The Kier molecular flexibility index (Phi) is 4.77. The molecule has 0 saturated heterocycles. The zero-order chi connectivity index (χ0) is 19.7. The van der Waals surface area contributed by atoms with Crippen molar-refractivity contribution in [1.29, 1.82) is 0 Å². The number of nitro groups is 1. The first-order valence-electron chi connectivity index (χ1n) is 9.55. The molecule has 0 amide bonds. The van der Waals surface area contributed by atoms with Gasteiger partial charge in [0.2, 0.25) is 0 Å². The van der Waals surface area contributed by atoms with Crippen LogP contribution in [0.2, 0.25) is 0 Å². The molecule has 1 N–H and O–H groups in total. The van der Waals surface area contributed by atoms with Gasteiger partial charge in [0.25, 0.3) is 17.2 Å². The zero-order valence-corrected chi connectivity index (χ0v) is 15.9. The monoisotopic (exact) mass is 382 g/mol. The summed E-state index contributed by atoms with van der Waals surface area (Å²) in [5.41, 5.74) is 0.487. The van der Waals surface area contributed by atoms with E-state index in [1.165, 1.54) is 12.1 Å². The number of β-amino-alcohol motifs (C(OH)–C–C–N with tert-alkyl or cyclic N) is 1. The summed E-state index contributed by atoms with van der Waals surface area (Å²) < 4.78 is 7.33. The van der Waals surface area contributed by atoms with E-state index in [0.717, 1.165) is 49.5 Å². The molecular formula is C21H24N3O4+. The molecule has 0 aromatic heterocycles. The summed E-state index contributed by atoms with van der Waals surface area (Å²) in [4.78, 5) is 12.7. The topological polar surface area (TPSA) is 78.9 Å². The molecule has 2 aromatic rings. The van der Waals surface area contributed by atoms with Crippen LogP contribution >= 0.6 is 0 Å². The Morgan fingerprint density at radius 3 is 2.46 bits per heavy atom. The molecule has 0 unspecified atom stereocenters. The number of nitro benzene ring substituents is 1. The van der Waals surface area contributed by atoms with E-state index >= 15 is 0 Å². The molecule has 146 valence electrons. The molecule has 0 aliphatic carbocycles. The summed E-state index contributed by atoms with van der Waals surface area (Å²) in [7, 11) is 1.64. The number of aliphatic hydroxyl groups is 1. The van der Waals surface area contributed by atoms with Crippen molar-refractivity contribution in [2.75, 3.05) is 25.1 Å². The summed E-state index contributed by atoms with van der Waals surface area (Å²) in [5.74, 6) is 1.89. The number of methoxy groups -OCH3 is 1. The normalized spacial score (nSPS) is 22.0. The summed E-state index contributed by atoms with van der Waals surface area (Å²) in [6.45, 7) is 1.14. The average molecular weight is 382 g/mol. The summed E-state index contributed by atoms with van der Waals surface area (Å²) in [5, 5.41) is 22.7. The molecule has 7 nitrogen and oxygen atoms in total. The second-order valence-electron chi connectivity index (χ2n) is 7.28. The molecule has 7 heteroatoms. The van der Waals surface area contributed by atoms with Gasteiger partial charge in [-0.05, 0) is 55.7 Å². The Hall–Kier alpha value is -2.93. The van der Waals surface area contributed by atoms with E-state index in [1.54, 1.807) is 19.2 Å². The molecule has 2 aromatic carbocycles. The van der Waals surface area contributed by atoms with Gasteiger partial charge in [0.15, 0.2) is 6.54 Å². The predicted octanol–water partition coefficient (Wildman–Crippen LogP) is 3.25. The number of amidine groups is 1. The van der Waals surface area contributed by atoms with Gasteiger partial charge < -0.3 is 9.84 Å². The molecule has 2 aliphatic rings. The number of non-ortho nitro benzene ring substituents is 1. The maximum Gasteiger partial charge on any atom is 0.271 e. The Morgan fingerprint density at radius 2 is 1.82 bits per heavy atom. The number of nitrogens with zero attached hydrogens (tertiary/aromatic N) is 3. The quantitative estimate of drug-likeness (QED) is 0.499. The number of hydrogen-bond donors (Lipinski definition) is 1. The number of benzene rings is 2. The largest absolute Gasteiger partial charge is 0.497 e. The van der Waals surface area contributed by atoms with E-state index < -0.39 is 10.6 Å². The molecule has 4 rings (SSSR count). The van der Waals surface area contributed by atoms with E-state index in [-0.39, 0.29) is 5.69 Å². The van der Waals surface area contributed by atoms with Gasteiger partial charge in [-0.15, -0.1) is 0 Å². The smallest absolute Gasteiger partial charge is 0.271 e. The van der Waals surface area contributed by atoms with Crippen molar-refractivity contribution in [2.45, 2.75) is 31.4 Å². The van der Waals surface area contributed by atoms with E-state index in [2.05, 4.69) is 9.48 Å². The standard InChI is InChI=1S/C21H24N3O4/c1-28-19-12-10-17(11-13-19)22-15-21(25,23-14-4-2-3-5-20(22)23)16-6-8-18(9-7-16)24(26)27/h6-13,25H,2-5,14-15H2,1H3/q+1/t21-/m1/s1. The van der Waals surface area contributed by atoms with Crippen LogP contribution in [0.25, 0.3) is 0 Å². The molecule has 28 heavy (non-hydrogen) atoms. The third-order valence-electron chi connectivity index (χ3n) is 5.65. The van der Waals surface area contributed by atoms with Gasteiger partial charge in [0.05, 0.1) is 18.6 Å². The minimum absolute atomic E-state index is 0.0254. The maximum absolute atomic E-state index is 11.7. The third-order valence-corrected chi connectivity index (χ3v) is 5.65. The van der Waals surface area contributed by atoms with Crippen LogP contribution in [0.4, 0.5) is 11.4 Å². The minimum atomic E-state index is -1.21. The van der Waals surface area contributed by atoms with Gasteiger partial charge in [0, 0.05) is 24.1 Å². The highest BCUT2D eigenvalue weighted by atomic mass is 16.6. The molecule has 0 bridgehead atoms. The van der Waals surface area contributed by atoms with Crippen molar-refractivity contribution in [2.24, 2.45) is 0 Å². The highest BCUT2D eigenvalue weighted by Gasteiger charge is 2.52. The molecule has 0 spiro atoms. The minimum Gasteiger partial charge on any atom is -0.497 e. The molecular weight excluding hydrogens is 358 g/mol. The third kappa shape index (κ3) is 3.11. The van der Waals surface area contributed by atoms with Crippen molar-refractivity contribution in [3.8, 4) is 5.75 Å². The first-order valence-corrected chi connectivity index (χ1v) is 9.55. The summed E-state index contributed by atoms with van der Waals surface area (Å²) >= 11 is 0. The fourth-order valence-corrected chi connectivity index (χ4v) is 4.17.